The lowest BCUT2D eigenvalue weighted by Gasteiger charge is -2.32. The second kappa shape index (κ2) is 14.2. The van der Waals surface area contributed by atoms with E-state index in [9.17, 15) is 9.59 Å². The van der Waals surface area contributed by atoms with Gasteiger partial charge in [-0.25, -0.2) is 0 Å². The maximum Gasteiger partial charge on any atom is 0.254 e. The number of nitrogens with zero attached hydrogens (tertiary/aromatic N) is 3. The van der Waals surface area contributed by atoms with Crippen molar-refractivity contribution >= 4 is 27.7 Å². The number of carbonyl (C=O) groups excluding carboxylic acids is 2. The van der Waals surface area contributed by atoms with Crippen molar-refractivity contribution in [1.29, 1.82) is 0 Å². The summed E-state index contributed by atoms with van der Waals surface area (Å²) in [4.78, 5) is 30.8. The van der Waals surface area contributed by atoms with Crippen LogP contribution in [0, 0.1) is 5.92 Å². The van der Waals surface area contributed by atoms with Crippen molar-refractivity contribution in [3.63, 3.8) is 0 Å². The van der Waals surface area contributed by atoms with Gasteiger partial charge in [0.15, 0.2) is 0 Å². The molecule has 0 saturated heterocycles. The molecule has 0 N–H and O–H groups in total. The third kappa shape index (κ3) is 8.22. The molecule has 3 rings (SSSR count). The fraction of sp³-hybridized carbons (Fsp3) is 0.419. The summed E-state index contributed by atoms with van der Waals surface area (Å²) in [5, 5.41) is 0. The fourth-order valence-corrected chi connectivity index (χ4v) is 4.72. The average Bonchev–Trinajstić information content (AvgIpc) is 3.34. The highest BCUT2D eigenvalue weighted by molar-refractivity contribution is 9.10. The van der Waals surface area contributed by atoms with Gasteiger partial charge in [-0.3, -0.25) is 9.59 Å². The van der Waals surface area contributed by atoms with E-state index in [1.807, 2.05) is 53.6 Å². The highest BCUT2D eigenvalue weighted by Crippen LogP contribution is 2.19. The minimum atomic E-state index is -0.120. The van der Waals surface area contributed by atoms with Gasteiger partial charge in [-0.1, -0.05) is 54.9 Å². The minimum absolute atomic E-state index is 0.0376. The quantitative estimate of drug-likeness (QED) is 0.228. The van der Waals surface area contributed by atoms with Crippen molar-refractivity contribution in [2.45, 2.75) is 59.7 Å². The number of carbonyl (C=O) groups is 2. The number of ether oxygens (including phenoxy) is 1. The SMILES string of the molecule is CC[C@@H](C)N(Cc1cccn1Cc1cccc(OC)c1)C(=O)CN(CCC(C)C)C(=O)c1cccc(Br)c1. The van der Waals surface area contributed by atoms with Gasteiger partial charge in [0.2, 0.25) is 5.91 Å². The van der Waals surface area contributed by atoms with Crippen LogP contribution in [0.4, 0.5) is 0 Å². The Balaban J connectivity index is 1.80. The van der Waals surface area contributed by atoms with Crippen LogP contribution in [-0.2, 0) is 17.9 Å². The minimum Gasteiger partial charge on any atom is -0.497 e. The first-order chi connectivity index (χ1) is 18.2. The second-order valence-corrected chi connectivity index (χ2v) is 11.1. The van der Waals surface area contributed by atoms with Crippen molar-refractivity contribution < 1.29 is 14.3 Å². The van der Waals surface area contributed by atoms with Gasteiger partial charge >= 0.3 is 0 Å². The number of rotatable bonds is 13. The van der Waals surface area contributed by atoms with E-state index in [2.05, 4.69) is 60.3 Å². The van der Waals surface area contributed by atoms with Crippen LogP contribution in [0.15, 0.2) is 71.3 Å². The van der Waals surface area contributed by atoms with Gasteiger partial charge in [-0.15, -0.1) is 0 Å². The number of hydrogen-bond donors (Lipinski definition) is 0. The highest BCUT2D eigenvalue weighted by atomic mass is 79.9. The molecule has 0 saturated carbocycles. The lowest BCUT2D eigenvalue weighted by Crippen LogP contribution is -2.46. The van der Waals surface area contributed by atoms with Crippen LogP contribution >= 0.6 is 15.9 Å². The van der Waals surface area contributed by atoms with Crippen molar-refractivity contribution in [3.05, 3.63) is 88.2 Å². The molecule has 1 heterocycles. The highest BCUT2D eigenvalue weighted by Gasteiger charge is 2.26. The molecule has 204 valence electrons. The number of amides is 2. The van der Waals surface area contributed by atoms with E-state index in [0.29, 0.717) is 31.1 Å². The van der Waals surface area contributed by atoms with Gasteiger partial charge in [0.1, 0.15) is 12.3 Å². The number of aromatic nitrogens is 1. The lowest BCUT2D eigenvalue weighted by atomic mass is 10.1. The zero-order chi connectivity index (χ0) is 27.7. The molecule has 2 amide bonds. The molecule has 2 aromatic carbocycles. The Morgan fingerprint density at radius 2 is 1.79 bits per heavy atom. The lowest BCUT2D eigenvalue weighted by molar-refractivity contribution is -0.134. The Hall–Kier alpha value is -3.06. The second-order valence-electron chi connectivity index (χ2n) is 10.2. The molecule has 0 fully saturated rings. The van der Waals surface area contributed by atoms with E-state index in [4.69, 9.17) is 4.74 Å². The van der Waals surface area contributed by atoms with Crippen LogP contribution in [0.2, 0.25) is 0 Å². The van der Waals surface area contributed by atoms with Gasteiger partial charge in [-0.2, -0.15) is 0 Å². The first-order valence-electron chi connectivity index (χ1n) is 13.3. The maximum absolute atomic E-state index is 13.8. The Bertz CT molecular complexity index is 1210. The Morgan fingerprint density at radius 1 is 1.03 bits per heavy atom. The van der Waals surface area contributed by atoms with Crippen LogP contribution in [0.25, 0.3) is 0 Å². The van der Waals surface area contributed by atoms with Crippen LogP contribution in [0.5, 0.6) is 5.75 Å². The normalized spacial score (nSPS) is 11.9. The molecule has 0 bridgehead atoms. The topological polar surface area (TPSA) is 54.8 Å². The first kappa shape index (κ1) is 29.5. The molecule has 3 aromatic rings. The van der Waals surface area contributed by atoms with Gasteiger partial charge < -0.3 is 19.1 Å². The van der Waals surface area contributed by atoms with E-state index < -0.39 is 0 Å². The molecule has 0 aliphatic heterocycles. The number of halogens is 1. The Morgan fingerprint density at radius 3 is 2.47 bits per heavy atom. The number of methoxy groups -OCH3 is 1. The van der Waals surface area contributed by atoms with E-state index >= 15 is 0 Å². The van der Waals surface area contributed by atoms with Gasteiger partial charge in [0.25, 0.3) is 5.91 Å². The standard InChI is InChI=1S/C31H40BrN3O3/c1-6-24(4)35(21-28-13-9-16-33(28)20-25-10-7-14-29(18-25)38-5)30(36)22-34(17-15-23(2)3)31(37)26-11-8-12-27(32)19-26/h7-14,16,18-19,23-24H,6,15,17,20-22H2,1-5H3/t24-/m1/s1. The molecular weight excluding hydrogens is 542 g/mol. The van der Waals surface area contributed by atoms with Crippen LogP contribution < -0.4 is 4.74 Å². The molecule has 0 unspecified atom stereocenters. The van der Waals surface area contributed by atoms with Gasteiger partial charge in [0, 0.05) is 41.1 Å². The Labute approximate surface area is 235 Å². The van der Waals surface area contributed by atoms with Gasteiger partial charge in [-0.05, 0) is 73.7 Å². The molecule has 38 heavy (non-hydrogen) atoms. The average molecular weight is 583 g/mol. The first-order valence-corrected chi connectivity index (χ1v) is 14.1. The molecule has 1 atom stereocenters. The van der Waals surface area contributed by atoms with Crippen molar-refractivity contribution in [2.24, 2.45) is 5.92 Å². The smallest absolute Gasteiger partial charge is 0.254 e. The zero-order valence-corrected chi connectivity index (χ0v) is 24.8. The van der Waals surface area contributed by atoms with Crippen molar-refractivity contribution in [2.75, 3.05) is 20.2 Å². The van der Waals surface area contributed by atoms with Gasteiger partial charge in [0.05, 0.1) is 13.7 Å². The van der Waals surface area contributed by atoms with E-state index in [1.165, 1.54) is 0 Å². The third-order valence-corrected chi connectivity index (χ3v) is 7.34. The van der Waals surface area contributed by atoms with E-state index in [1.54, 1.807) is 18.1 Å². The summed E-state index contributed by atoms with van der Waals surface area (Å²) >= 11 is 3.46. The van der Waals surface area contributed by atoms with E-state index in [0.717, 1.165) is 34.3 Å². The largest absolute Gasteiger partial charge is 0.497 e. The molecular formula is C31H40BrN3O3. The number of hydrogen-bond acceptors (Lipinski definition) is 3. The summed E-state index contributed by atoms with van der Waals surface area (Å²) < 4.78 is 8.39. The van der Waals surface area contributed by atoms with Crippen LogP contribution in [-0.4, -0.2) is 52.4 Å². The monoisotopic (exact) mass is 581 g/mol. The van der Waals surface area contributed by atoms with Crippen LogP contribution in [0.3, 0.4) is 0 Å². The van der Waals surface area contributed by atoms with E-state index in [-0.39, 0.29) is 24.4 Å². The maximum atomic E-state index is 13.8. The molecule has 6 nitrogen and oxygen atoms in total. The molecule has 0 radical (unpaired) electrons. The summed E-state index contributed by atoms with van der Waals surface area (Å²) in [6.45, 7) is 10.2. The molecule has 0 spiro atoms. The predicted octanol–water partition coefficient (Wildman–Crippen LogP) is 6.62. The summed E-state index contributed by atoms with van der Waals surface area (Å²) in [5.41, 5.74) is 2.76. The number of benzene rings is 2. The van der Waals surface area contributed by atoms with Crippen LogP contribution in [0.1, 0.15) is 62.2 Å². The zero-order valence-electron chi connectivity index (χ0n) is 23.2. The summed E-state index contributed by atoms with van der Waals surface area (Å²) in [6, 6.07) is 19.5. The summed E-state index contributed by atoms with van der Waals surface area (Å²) in [6.07, 6.45) is 3.70. The molecule has 0 aliphatic carbocycles. The van der Waals surface area contributed by atoms with Crippen molar-refractivity contribution in [1.82, 2.24) is 14.4 Å². The molecule has 1 aromatic heterocycles. The summed E-state index contributed by atoms with van der Waals surface area (Å²) in [7, 11) is 1.67. The fourth-order valence-electron chi connectivity index (χ4n) is 4.32. The van der Waals surface area contributed by atoms with Crippen molar-refractivity contribution in [3.8, 4) is 5.75 Å². The predicted molar refractivity (Wildman–Crippen MR) is 156 cm³/mol. The molecule has 7 heteroatoms. The molecule has 0 aliphatic rings. The Kier molecular flexibility index (Phi) is 11.0. The third-order valence-electron chi connectivity index (χ3n) is 6.85. The summed E-state index contributed by atoms with van der Waals surface area (Å²) in [5.74, 6) is 1.09.